The summed E-state index contributed by atoms with van der Waals surface area (Å²) in [7, 11) is 1.35. The highest BCUT2D eigenvalue weighted by atomic mass is 16.5. The number of hydrogen-bond donors (Lipinski definition) is 1. The molecule has 0 radical (unpaired) electrons. The summed E-state index contributed by atoms with van der Waals surface area (Å²) in [6.45, 7) is 0.320. The molecule has 2 aliphatic rings. The molecule has 0 bridgehead atoms. The van der Waals surface area contributed by atoms with Gasteiger partial charge in [0.05, 0.1) is 26.0 Å². The molecule has 1 heterocycles. The number of carbonyl (C=O) groups is 3. The Labute approximate surface area is 158 Å². The van der Waals surface area contributed by atoms with E-state index in [4.69, 9.17) is 4.74 Å². The molecule has 1 N–H and O–H groups in total. The van der Waals surface area contributed by atoms with Crippen LogP contribution in [0.5, 0.6) is 0 Å². The molecule has 1 amide bonds. The van der Waals surface area contributed by atoms with Crippen molar-refractivity contribution in [1.82, 2.24) is 4.90 Å². The van der Waals surface area contributed by atoms with E-state index in [1.165, 1.54) is 7.11 Å². The molecule has 1 aliphatic heterocycles. The third-order valence-corrected chi connectivity index (χ3v) is 5.57. The monoisotopic (exact) mass is 371 g/mol. The summed E-state index contributed by atoms with van der Waals surface area (Å²) in [5.41, 5.74) is 0.668. The number of carbonyl (C=O) groups excluding carboxylic acids is 2. The molecule has 3 rings (SSSR count). The molecule has 27 heavy (non-hydrogen) atoms. The number of esters is 1. The van der Waals surface area contributed by atoms with Gasteiger partial charge in [0, 0.05) is 5.70 Å². The Morgan fingerprint density at radius 1 is 1.26 bits per heavy atom. The van der Waals surface area contributed by atoms with Crippen LogP contribution in [0.4, 0.5) is 0 Å². The Hall–Kier alpha value is -2.63. The number of aliphatic carboxylic acids is 1. The maximum Gasteiger partial charge on any atom is 0.317 e. The number of ether oxygens (including phenoxy) is 1. The summed E-state index contributed by atoms with van der Waals surface area (Å²) in [6.07, 6.45) is 5.01. The van der Waals surface area contributed by atoms with Crippen molar-refractivity contribution in [1.29, 1.82) is 0 Å². The van der Waals surface area contributed by atoms with Gasteiger partial charge in [-0.3, -0.25) is 14.4 Å². The zero-order valence-corrected chi connectivity index (χ0v) is 15.5. The van der Waals surface area contributed by atoms with Gasteiger partial charge in [0.1, 0.15) is 5.41 Å². The van der Waals surface area contributed by atoms with Gasteiger partial charge in [0.2, 0.25) is 5.91 Å². The van der Waals surface area contributed by atoms with Crippen LogP contribution in [0, 0.1) is 11.3 Å². The highest BCUT2D eigenvalue weighted by molar-refractivity contribution is 5.91. The Morgan fingerprint density at radius 2 is 2.00 bits per heavy atom. The van der Waals surface area contributed by atoms with E-state index < -0.39 is 17.3 Å². The minimum atomic E-state index is -1.03. The second-order valence-electron chi connectivity index (χ2n) is 7.32. The van der Waals surface area contributed by atoms with Gasteiger partial charge in [-0.05, 0) is 31.2 Å². The molecule has 1 aliphatic carbocycles. The number of carboxylic acid groups (broad SMARTS) is 1. The number of nitrogens with zero attached hydrogens (tertiary/aromatic N) is 1. The van der Waals surface area contributed by atoms with Gasteiger partial charge >= 0.3 is 11.9 Å². The molecule has 6 nitrogen and oxygen atoms in total. The van der Waals surface area contributed by atoms with Crippen molar-refractivity contribution in [3.63, 3.8) is 0 Å². The quantitative estimate of drug-likeness (QED) is 0.804. The van der Waals surface area contributed by atoms with E-state index in [-0.39, 0.29) is 24.7 Å². The lowest BCUT2D eigenvalue weighted by Crippen LogP contribution is -2.52. The van der Waals surface area contributed by atoms with Crippen molar-refractivity contribution >= 4 is 17.8 Å². The minimum Gasteiger partial charge on any atom is -0.481 e. The molecular weight excluding hydrogens is 346 g/mol. The van der Waals surface area contributed by atoms with Crippen LogP contribution >= 0.6 is 0 Å². The molecule has 1 aromatic rings. The molecule has 0 saturated carbocycles. The third-order valence-electron chi connectivity index (χ3n) is 5.57. The first-order valence-electron chi connectivity index (χ1n) is 9.34. The minimum absolute atomic E-state index is 0.196. The van der Waals surface area contributed by atoms with Crippen molar-refractivity contribution in [2.45, 2.75) is 45.1 Å². The summed E-state index contributed by atoms with van der Waals surface area (Å²) < 4.78 is 5.13. The fourth-order valence-electron chi connectivity index (χ4n) is 4.34. The predicted molar refractivity (Wildman–Crippen MR) is 98.4 cm³/mol. The number of allylic oxidation sites excluding steroid dienone is 1. The molecule has 0 unspecified atom stereocenters. The normalized spacial score (nSPS) is 25.2. The second-order valence-corrected chi connectivity index (χ2v) is 7.32. The first kappa shape index (κ1) is 19.1. The van der Waals surface area contributed by atoms with Crippen LogP contribution in [0.15, 0.2) is 42.1 Å². The van der Waals surface area contributed by atoms with Crippen molar-refractivity contribution in [2.75, 3.05) is 7.11 Å². The fourth-order valence-corrected chi connectivity index (χ4v) is 4.34. The van der Waals surface area contributed by atoms with Gasteiger partial charge in [0.25, 0.3) is 0 Å². The zero-order valence-electron chi connectivity index (χ0n) is 15.5. The molecular formula is C21H25NO5. The van der Waals surface area contributed by atoms with Crippen molar-refractivity contribution in [2.24, 2.45) is 11.3 Å². The average Bonchev–Trinajstić information content (AvgIpc) is 2.88. The number of methoxy groups -OCH3 is 1. The summed E-state index contributed by atoms with van der Waals surface area (Å²) in [5, 5.41) is 9.29. The molecule has 0 aromatic heterocycles. The number of rotatable bonds is 5. The van der Waals surface area contributed by atoms with E-state index in [0.717, 1.165) is 24.8 Å². The maximum atomic E-state index is 13.2. The maximum absolute atomic E-state index is 13.2. The fraction of sp³-hybridized carbons (Fsp3) is 0.476. The molecule has 1 fully saturated rings. The van der Waals surface area contributed by atoms with Gasteiger partial charge < -0.3 is 14.7 Å². The summed E-state index contributed by atoms with van der Waals surface area (Å²) >= 11 is 0. The molecule has 6 heteroatoms. The predicted octanol–water partition coefficient (Wildman–Crippen LogP) is 3.13. The van der Waals surface area contributed by atoms with E-state index in [0.29, 0.717) is 18.7 Å². The first-order valence-corrected chi connectivity index (χ1v) is 9.34. The van der Waals surface area contributed by atoms with Crippen molar-refractivity contribution in [3.05, 3.63) is 47.7 Å². The van der Waals surface area contributed by atoms with Crippen LogP contribution in [0.3, 0.4) is 0 Å². The van der Waals surface area contributed by atoms with E-state index in [1.807, 2.05) is 36.4 Å². The number of piperidine rings is 1. The molecule has 1 aromatic carbocycles. The van der Waals surface area contributed by atoms with Gasteiger partial charge in [-0.1, -0.05) is 42.8 Å². The van der Waals surface area contributed by atoms with E-state index in [9.17, 15) is 19.5 Å². The number of hydrogen-bond acceptors (Lipinski definition) is 4. The van der Waals surface area contributed by atoms with E-state index in [1.54, 1.807) is 4.90 Å². The molecule has 1 saturated heterocycles. The van der Waals surface area contributed by atoms with E-state index in [2.05, 4.69) is 0 Å². The summed E-state index contributed by atoms with van der Waals surface area (Å²) in [5.74, 6) is -2.37. The van der Waals surface area contributed by atoms with Gasteiger partial charge in [-0.15, -0.1) is 0 Å². The van der Waals surface area contributed by atoms with Crippen LogP contribution in [-0.2, 0) is 25.7 Å². The highest BCUT2D eigenvalue weighted by Gasteiger charge is 2.53. The molecule has 144 valence electrons. The van der Waals surface area contributed by atoms with E-state index >= 15 is 0 Å². The lowest BCUT2D eigenvalue weighted by molar-refractivity contribution is -0.161. The average molecular weight is 371 g/mol. The van der Waals surface area contributed by atoms with Crippen LogP contribution in [0.25, 0.3) is 0 Å². The smallest absolute Gasteiger partial charge is 0.317 e. The lowest BCUT2D eigenvalue weighted by Gasteiger charge is -2.45. The largest absolute Gasteiger partial charge is 0.481 e. The lowest BCUT2D eigenvalue weighted by atomic mass is 9.69. The Kier molecular flexibility index (Phi) is 5.63. The second kappa shape index (κ2) is 7.94. The topological polar surface area (TPSA) is 83.9 Å². The van der Waals surface area contributed by atoms with Gasteiger partial charge in [-0.25, -0.2) is 0 Å². The number of likely N-dealkylation sites (tertiary alicyclic amines) is 1. The van der Waals surface area contributed by atoms with Crippen LogP contribution < -0.4 is 0 Å². The number of fused-ring (bicyclic) bond motifs is 1. The molecule has 2 atom stereocenters. The van der Waals surface area contributed by atoms with Crippen molar-refractivity contribution in [3.8, 4) is 0 Å². The highest BCUT2D eigenvalue weighted by Crippen LogP contribution is 2.49. The Bertz CT molecular complexity index is 757. The first-order chi connectivity index (χ1) is 13.0. The Balaban J connectivity index is 2.06. The Morgan fingerprint density at radius 3 is 2.67 bits per heavy atom. The molecule has 0 spiro atoms. The number of amides is 1. The van der Waals surface area contributed by atoms with Crippen molar-refractivity contribution < 1.29 is 24.2 Å². The third kappa shape index (κ3) is 3.75. The van der Waals surface area contributed by atoms with Gasteiger partial charge in [0.15, 0.2) is 0 Å². The summed E-state index contributed by atoms with van der Waals surface area (Å²) in [4.78, 5) is 39.0. The number of benzene rings is 1. The van der Waals surface area contributed by atoms with Gasteiger partial charge in [-0.2, -0.15) is 0 Å². The SMILES string of the molecule is COC(=O)[C@]12CCCCC=C1N(Cc1ccccc1)C(=O)[C@@H](CC(=O)O)C2. The zero-order chi connectivity index (χ0) is 19.4. The number of carboxylic acids is 1. The van der Waals surface area contributed by atoms with Crippen LogP contribution in [0.2, 0.25) is 0 Å². The summed E-state index contributed by atoms with van der Waals surface area (Å²) in [6, 6.07) is 9.54. The van der Waals surface area contributed by atoms with Crippen LogP contribution in [0.1, 0.15) is 44.1 Å². The standard InChI is InChI=1S/C21H25NO5/c1-27-20(26)21-11-7-3-6-10-17(21)22(14-15-8-4-2-5-9-15)19(25)16(13-21)12-18(23)24/h2,4-5,8-10,16H,3,6-7,11-14H2,1H3,(H,23,24)/t16-,21-/m0/s1. The van der Waals surface area contributed by atoms with Crippen LogP contribution in [-0.4, -0.2) is 35.0 Å².